The summed E-state index contributed by atoms with van der Waals surface area (Å²) in [6, 6.07) is 14.2. The van der Waals surface area contributed by atoms with Gasteiger partial charge in [0.15, 0.2) is 0 Å². The third-order valence-corrected chi connectivity index (χ3v) is 6.15. The molecule has 0 radical (unpaired) electrons. The summed E-state index contributed by atoms with van der Waals surface area (Å²) >= 11 is 0. The molecule has 31 heavy (non-hydrogen) atoms. The molecule has 2 aromatic carbocycles. The fraction of sp³-hybridized carbons (Fsp3) is 0.400. The van der Waals surface area contributed by atoms with Crippen LogP contribution < -0.4 is 10.2 Å². The summed E-state index contributed by atoms with van der Waals surface area (Å²) < 4.78 is 0. The molecule has 1 unspecified atom stereocenters. The van der Waals surface area contributed by atoms with Crippen LogP contribution in [0.3, 0.4) is 0 Å². The van der Waals surface area contributed by atoms with Crippen molar-refractivity contribution in [2.75, 3.05) is 18.0 Å². The lowest BCUT2D eigenvalue weighted by molar-refractivity contribution is -0.122. The van der Waals surface area contributed by atoms with E-state index in [4.69, 9.17) is 0 Å². The van der Waals surface area contributed by atoms with Crippen LogP contribution in [0, 0.1) is 0 Å². The molecule has 6 nitrogen and oxygen atoms in total. The van der Waals surface area contributed by atoms with E-state index >= 15 is 0 Å². The van der Waals surface area contributed by atoms with Gasteiger partial charge in [-0.3, -0.25) is 14.4 Å². The molecule has 1 saturated heterocycles. The SMILES string of the molecule is CCCCCNC(=O)c1ccccc1CN1C(=O)C2CCCN2C(=O)c2ccccc21. The third-order valence-electron chi connectivity index (χ3n) is 6.15. The van der Waals surface area contributed by atoms with Crippen molar-refractivity contribution in [2.24, 2.45) is 0 Å². The number of hydrogen-bond acceptors (Lipinski definition) is 3. The number of benzene rings is 2. The molecular formula is C25H29N3O3. The summed E-state index contributed by atoms with van der Waals surface area (Å²) in [5.41, 5.74) is 2.51. The summed E-state index contributed by atoms with van der Waals surface area (Å²) in [4.78, 5) is 42.8. The highest BCUT2D eigenvalue weighted by Gasteiger charge is 2.42. The first-order valence-electron chi connectivity index (χ1n) is 11.2. The van der Waals surface area contributed by atoms with Crippen LogP contribution in [0.5, 0.6) is 0 Å². The van der Waals surface area contributed by atoms with Crippen LogP contribution in [0.25, 0.3) is 0 Å². The molecule has 6 heteroatoms. The molecule has 2 aliphatic heterocycles. The van der Waals surface area contributed by atoms with Crippen LogP contribution in [-0.4, -0.2) is 41.8 Å². The van der Waals surface area contributed by atoms with Crippen molar-refractivity contribution < 1.29 is 14.4 Å². The second-order valence-electron chi connectivity index (χ2n) is 8.22. The Hall–Kier alpha value is -3.15. The van der Waals surface area contributed by atoms with Crippen molar-refractivity contribution in [3.8, 4) is 0 Å². The maximum Gasteiger partial charge on any atom is 0.256 e. The normalized spacial score (nSPS) is 17.9. The van der Waals surface area contributed by atoms with E-state index in [9.17, 15) is 14.4 Å². The first-order valence-corrected chi connectivity index (χ1v) is 11.2. The van der Waals surface area contributed by atoms with Gasteiger partial charge >= 0.3 is 0 Å². The predicted octanol–water partition coefficient (Wildman–Crippen LogP) is 3.76. The van der Waals surface area contributed by atoms with Crippen LogP contribution in [0.1, 0.15) is 65.3 Å². The van der Waals surface area contributed by atoms with Gasteiger partial charge in [-0.2, -0.15) is 0 Å². The van der Waals surface area contributed by atoms with Crippen molar-refractivity contribution in [1.82, 2.24) is 10.2 Å². The lowest BCUT2D eigenvalue weighted by atomic mass is 10.0. The van der Waals surface area contributed by atoms with Crippen molar-refractivity contribution >= 4 is 23.4 Å². The summed E-state index contributed by atoms with van der Waals surface area (Å²) in [6.45, 7) is 3.63. The predicted molar refractivity (Wildman–Crippen MR) is 120 cm³/mol. The van der Waals surface area contributed by atoms with Gasteiger partial charge < -0.3 is 15.1 Å². The average molecular weight is 420 g/mol. The largest absolute Gasteiger partial charge is 0.352 e. The Morgan fingerprint density at radius 2 is 1.84 bits per heavy atom. The van der Waals surface area contributed by atoms with Crippen molar-refractivity contribution in [1.29, 1.82) is 0 Å². The lowest BCUT2D eigenvalue weighted by Gasteiger charge is -2.26. The Labute approximate surface area is 183 Å². The van der Waals surface area contributed by atoms with Gasteiger partial charge in [-0.15, -0.1) is 0 Å². The van der Waals surface area contributed by atoms with Crippen LogP contribution in [0.15, 0.2) is 48.5 Å². The van der Waals surface area contributed by atoms with E-state index < -0.39 is 6.04 Å². The Bertz CT molecular complexity index is 987. The zero-order valence-corrected chi connectivity index (χ0v) is 18.0. The lowest BCUT2D eigenvalue weighted by Crippen LogP contribution is -2.44. The highest BCUT2D eigenvalue weighted by Crippen LogP contribution is 2.33. The molecule has 0 aromatic heterocycles. The number of carbonyl (C=O) groups excluding carboxylic acids is 3. The quantitative estimate of drug-likeness (QED) is 0.695. The van der Waals surface area contributed by atoms with Gasteiger partial charge in [0, 0.05) is 18.7 Å². The number of para-hydroxylation sites is 1. The number of fused-ring (bicyclic) bond motifs is 2. The molecule has 0 bridgehead atoms. The van der Waals surface area contributed by atoms with E-state index in [1.807, 2.05) is 36.4 Å². The van der Waals surface area contributed by atoms with Gasteiger partial charge in [-0.05, 0) is 43.0 Å². The summed E-state index contributed by atoms with van der Waals surface area (Å²) in [7, 11) is 0. The van der Waals surface area contributed by atoms with Crippen LogP contribution >= 0.6 is 0 Å². The molecule has 3 amide bonds. The monoisotopic (exact) mass is 419 g/mol. The Morgan fingerprint density at radius 1 is 1.06 bits per heavy atom. The fourth-order valence-corrected chi connectivity index (χ4v) is 4.49. The molecule has 0 aliphatic carbocycles. The molecule has 162 valence electrons. The molecule has 4 rings (SSSR count). The van der Waals surface area contributed by atoms with Gasteiger partial charge in [0.05, 0.1) is 17.8 Å². The minimum atomic E-state index is -0.435. The molecule has 2 aliphatic rings. The maximum absolute atomic E-state index is 13.5. The second-order valence-corrected chi connectivity index (χ2v) is 8.22. The van der Waals surface area contributed by atoms with E-state index in [2.05, 4.69) is 12.2 Å². The van der Waals surface area contributed by atoms with Crippen molar-refractivity contribution in [3.05, 3.63) is 65.2 Å². The van der Waals surface area contributed by atoms with Gasteiger partial charge in [-0.1, -0.05) is 50.1 Å². The number of nitrogens with zero attached hydrogens (tertiary/aromatic N) is 2. The molecule has 2 heterocycles. The minimum absolute atomic E-state index is 0.0750. The molecule has 2 aromatic rings. The zero-order chi connectivity index (χ0) is 21.8. The maximum atomic E-state index is 13.5. The second kappa shape index (κ2) is 9.33. The molecule has 0 saturated carbocycles. The standard InChI is InChI=1S/C25H29N3O3/c1-2-3-8-15-26-23(29)19-11-5-4-10-18(19)17-28-21-13-7-6-12-20(21)24(30)27-16-9-14-22(27)25(28)31/h4-7,10-13,22H,2-3,8-9,14-17H2,1H3,(H,26,29). The Balaban J connectivity index is 1.64. The average Bonchev–Trinajstić information content (AvgIpc) is 3.27. The smallest absolute Gasteiger partial charge is 0.256 e. The molecular weight excluding hydrogens is 390 g/mol. The Morgan fingerprint density at radius 3 is 2.68 bits per heavy atom. The molecule has 1 atom stereocenters. The van der Waals surface area contributed by atoms with Crippen molar-refractivity contribution in [3.63, 3.8) is 0 Å². The van der Waals surface area contributed by atoms with E-state index in [0.29, 0.717) is 36.3 Å². The number of nitrogens with one attached hydrogen (secondary N) is 1. The van der Waals surface area contributed by atoms with E-state index in [1.165, 1.54) is 0 Å². The number of unbranched alkanes of at least 4 members (excludes halogenated alkanes) is 2. The minimum Gasteiger partial charge on any atom is -0.352 e. The summed E-state index contributed by atoms with van der Waals surface area (Å²) in [6.07, 6.45) is 4.62. The topological polar surface area (TPSA) is 69.7 Å². The van der Waals surface area contributed by atoms with Gasteiger partial charge in [-0.25, -0.2) is 0 Å². The number of amides is 3. The molecule has 1 N–H and O–H groups in total. The van der Waals surface area contributed by atoms with Crippen molar-refractivity contribution in [2.45, 2.75) is 51.6 Å². The number of carbonyl (C=O) groups is 3. The van der Waals surface area contributed by atoms with Crippen LogP contribution in [0.4, 0.5) is 5.69 Å². The van der Waals surface area contributed by atoms with Crippen LogP contribution in [0.2, 0.25) is 0 Å². The van der Waals surface area contributed by atoms with Crippen LogP contribution in [-0.2, 0) is 11.3 Å². The fourth-order valence-electron chi connectivity index (χ4n) is 4.49. The number of rotatable bonds is 7. The summed E-state index contributed by atoms with van der Waals surface area (Å²) in [5.74, 6) is -0.286. The third kappa shape index (κ3) is 4.20. The number of anilines is 1. The van der Waals surface area contributed by atoms with Gasteiger partial charge in [0.25, 0.3) is 11.8 Å². The van der Waals surface area contributed by atoms with E-state index in [0.717, 1.165) is 31.2 Å². The number of hydrogen-bond donors (Lipinski definition) is 1. The van der Waals surface area contributed by atoms with E-state index in [1.54, 1.807) is 21.9 Å². The first-order chi connectivity index (χ1) is 15.1. The highest BCUT2D eigenvalue weighted by atomic mass is 16.2. The highest BCUT2D eigenvalue weighted by molar-refractivity contribution is 6.11. The van der Waals surface area contributed by atoms with Gasteiger partial charge in [0.1, 0.15) is 6.04 Å². The molecule has 0 spiro atoms. The first kappa shape index (κ1) is 21.1. The van der Waals surface area contributed by atoms with Gasteiger partial charge in [0.2, 0.25) is 5.91 Å². The van der Waals surface area contributed by atoms with E-state index in [-0.39, 0.29) is 24.3 Å². The zero-order valence-electron chi connectivity index (χ0n) is 18.0. The summed E-state index contributed by atoms with van der Waals surface area (Å²) in [5, 5.41) is 2.99. The Kier molecular flexibility index (Phi) is 6.35. The molecule has 1 fully saturated rings.